The summed E-state index contributed by atoms with van der Waals surface area (Å²) in [6.07, 6.45) is 0. The van der Waals surface area contributed by atoms with Gasteiger partial charge in [0.15, 0.2) is 0 Å². The van der Waals surface area contributed by atoms with E-state index in [0.717, 1.165) is 13.1 Å². The molecule has 0 saturated carbocycles. The van der Waals surface area contributed by atoms with Crippen LogP contribution in [0.5, 0.6) is 0 Å². The summed E-state index contributed by atoms with van der Waals surface area (Å²) in [4.78, 5) is 3.67. The Kier molecular flexibility index (Phi) is 4.58. The van der Waals surface area contributed by atoms with E-state index in [0.29, 0.717) is 6.04 Å². The molecule has 1 heterocycles. The molecule has 80 valence electrons. The van der Waals surface area contributed by atoms with Gasteiger partial charge in [-0.3, -0.25) is 0 Å². The van der Waals surface area contributed by atoms with Gasteiger partial charge in [0.25, 0.3) is 0 Å². The van der Waals surface area contributed by atoms with E-state index in [1.807, 2.05) is 11.3 Å². The molecule has 0 spiro atoms. The molecule has 0 aliphatic heterocycles. The lowest BCUT2D eigenvalue weighted by atomic mass is 10.2. The second-order valence-electron chi connectivity index (χ2n) is 4.14. The molecule has 0 aliphatic rings. The van der Waals surface area contributed by atoms with Crippen molar-refractivity contribution in [2.75, 3.05) is 14.1 Å². The highest BCUT2D eigenvalue weighted by atomic mass is 32.1. The molecule has 0 aromatic carbocycles. The number of nitrogens with zero attached hydrogens (tertiary/aromatic N) is 1. The SMILES string of the molecule is CC(C)NCc1sccc1CN(C)C. The molecule has 14 heavy (non-hydrogen) atoms. The van der Waals surface area contributed by atoms with Gasteiger partial charge >= 0.3 is 0 Å². The standard InChI is InChI=1S/C11H20N2S/c1-9(2)12-7-11-10(5-6-14-11)8-13(3)4/h5-6,9,12H,7-8H2,1-4H3. The van der Waals surface area contributed by atoms with E-state index in [9.17, 15) is 0 Å². The first-order valence-electron chi connectivity index (χ1n) is 5.03. The van der Waals surface area contributed by atoms with Crippen molar-refractivity contribution in [2.24, 2.45) is 0 Å². The zero-order valence-corrected chi connectivity index (χ0v) is 10.3. The van der Waals surface area contributed by atoms with Crippen molar-refractivity contribution in [3.05, 3.63) is 21.9 Å². The molecule has 0 atom stereocenters. The Morgan fingerprint density at radius 2 is 2.14 bits per heavy atom. The highest BCUT2D eigenvalue weighted by molar-refractivity contribution is 7.10. The number of nitrogens with one attached hydrogen (secondary N) is 1. The Hall–Kier alpha value is -0.380. The molecule has 0 aliphatic carbocycles. The molecule has 0 fully saturated rings. The van der Waals surface area contributed by atoms with Crippen molar-refractivity contribution in [3.8, 4) is 0 Å². The lowest BCUT2D eigenvalue weighted by Gasteiger charge is -2.12. The Balaban J connectivity index is 2.53. The van der Waals surface area contributed by atoms with Gasteiger partial charge in [0.1, 0.15) is 0 Å². The average Bonchev–Trinajstić information content (AvgIpc) is 2.47. The molecule has 0 unspecified atom stereocenters. The van der Waals surface area contributed by atoms with E-state index >= 15 is 0 Å². The van der Waals surface area contributed by atoms with E-state index < -0.39 is 0 Å². The third kappa shape index (κ3) is 3.78. The molecule has 1 rings (SSSR count). The zero-order chi connectivity index (χ0) is 10.6. The normalized spacial score (nSPS) is 11.6. The van der Waals surface area contributed by atoms with Gasteiger partial charge in [0, 0.05) is 24.0 Å². The fourth-order valence-electron chi connectivity index (χ4n) is 1.30. The number of hydrogen-bond donors (Lipinski definition) is 1. The van der Waals surface area contributed by atoms with Crippen LogP contribution in [0.1, 0.15) is 24.3 Å². The summed E-state index contributed by atoms with van der Waals surface area (Å²) in [7, 11) is 4.22. The van der Waals surface area contributed by atoms with E-state index in [4.69, 9.17) is 0 Å². The van der Waals surface area contributed by atoms with Crippen molar-refractivity contribution < 1.29 is 0 Å². The van der Waals surface area contributed by atoms with E-state index in [1.54, 1.807) is 0 Å². The summed E-state index contributed by atoms with van der Waals surface area (Å²) in [6.45, 7) is 6.40. The molecular weight excluding hydrogens is 192 g/mol. The molecule has 1 aromatic rings. The first-order chi connectivity index (χ1) is 6.59. The molecule has 0 saturated heterocycles. The summed E-state index contributed by atoms with van der Waals surface area (Å²) >= 11 is 1.84. The summed E-state index contributed by atoms with van der Waals surface area (Å²) in [5.41, 5.74) is 1.45. The van der Waals surface area contributed by atoms with Gasteiger partial charge in [0.05, 0.1) is 0 Å². The molecule has 1 aromatic heterocycles. The van der Waals surface area contributed by atoms with Gasteiger partial charge in [-0.25, -0.2) is 0 Å². The predicted molar refractivity (Wildman–Crippen MR) is 63.7 cm³/mol. The van der Waals surface area contributed by atoms with E-state index in [1.165, 1.54) is 10.4 Å². The minimum Gasteiger partial charge on any atom is -0.310 e. The Labute approximate surface area is 90.9 Å². The van der Waals surface area contributed by atoms with Crippen molar-refractivity contribution >= 4 is 11.3 Å². The molecule has 3 heteroatoms. The van der Waals surface area contributed by atoms with Crippen LogP contribution < -0.4 is 5.32 Å². The topological polar surface area (TPSA) is 15.3 Å². The molecule has 0 bridgehead atoms. The third-order valence-corrected chi connectivity index (χ3v) is 2.96. The Morgan fingerprint density at radius 1 is 1.43 bits per heavy atom. The largest absolute Gasteiger partial charge is 0.310 e. The highest BCUT2D eigenvalue weighted by Gasteiger charge is 2.05. The smallest absolute Gasteiger partial charge is 0.0305 e. The number of rotatable bonds is 5. The number of thiophene rings is 1. The van der Waals surface area contributed by atoms with Crippen LogP contribution in [0.25, 0.3) is 0 Å². The second kappa shape index (κ2) is 5.49. The van der Waals surface area contributed by atoms with Crippen molar-refractivity contribution in [1.82, 2.24) is 10.2 Å². The first-order valence-corrected chi connectivity index (χ1v) is 5.91. The minimum atomic E-state index is 0.560. The minimum absolute atomic E-state index is 0.560. The molecular formula is C11H20N2S. The number of hydrogen-bond acceptors (Lipinski definition) is 3. The quantitative estimate of drug-likeness (QED) is 0.806. The van der Waals surface area contributed by atoms with Crippen LogP contribution in [0.2, 0.25) is 0 Å². The fourth-order valence-corrected chi connectivity index (χ4v) is 2.15. The summed E-state index contributed by atoms with van der Waals surface area (Å²) < 4.78 is 0. The molecule has 2 nitrogen and oxygen atoms in total. The van der Waals surface area contributed by atoms with Gasteiger partial charge < -0.3 is 10.2 Å². The van der Waals surface area contributed by atoms with Gasteiger partial charge in [-0.15, -0.1) is 11.3 Å². The maximum Gasteiger partial charge on any atom is 0.0305 e. The molecule has 0 radical (unpaired) electrons. The van der Waals surface area contributed by atoms with E-state index in [-0.39, 0.29) is 0 Å². The van der Waals surface area contributed by atoms with Crippen LogP contribution in [0.15, 0.2) is 11.4 Å². The summed E-state index contributed by atoms with van der Waals surface area (Å²) in [6, 6.07) is 2.78. The monoisotopic (exact) mass is 212 g/mol. The predicted octanol–water partition coefficient (Wildman–Crippen LogP) is 2.31. The summed E-state index contributed by atoms with van der Waals surface area (Å²) in [5.74, 6) is 0. The first kappa shape index (κ1) is 11.7. The van der Waals surface area contributed by atoms with Crippen molar-refractivity contribution in [2.45, 2.75) is 33.0 Å². The maximum atomic E-state index is 3.45. The van der Waals surface area contributed by atoms with Crippen LogP contribution >= 0.6 is 11.3 Å². The van der Waals surface area contributed by atoms with Gasteiger partial charge in [0.2, 0.25) is 0 Å². The van der Waals surface area contributed by atoms with Gasteiger partial charge in [-0.1, -0.05) is 13.8 Å². The van der Waals surface area contributed by atoms with Crippen LogP contribution in [-0.2, 0) is 13.1 Å². The Morgan fingerprint density at radius 3 is 2.71 bits per heavy atom. The van der Waals surface area contributed by atoms with Gasteiger partial charge in [-0.2, -0.15) is 0 Å². The highest BCUT2D eigenvalue weighted by Crippen LogP contribution is 2.17. The molecule has 0 amide bonds. The van der Waals surface area contributed by atoms with Crippen molar-refractivity contribution in [3.63, 3.8) is 0 Å². The lowest BCUT2D eigenvalue weighted by Crippen LogP contribution is -2.22. The van der Waals surface area contributed by atoms with Crippen molar-refractivity contribution in [1.29, 1.82) is 0 Å². The van der Waals surface area contributed by atoms with Gasteiger partial charge in [-0.05, 0) is 31.1 Å². The average molecular weight is 212 g/mol. The Bertz CT molecular complexity index is 266. The van der Waals surface area contributed by atoms with E-state index in [2.05, 4.69) is 49.6 Å². The van der Waals surface area contributed by atoms with Crippen LogP contribution in [-0.4, -0.2) is 25.0 Å². The maximum absolute atomic E-state index is 3.45. The van der Waals surface area contributed by atoms with Crippen LogP contribution in [0.4, 0.5) is 0 Å². The summed E-state index contributed by atoms with van der Waals surface area (Å²) in [5, 5.41) is 5.63. The zero-order valence-electron chi connectivity index (χ0n) is 9.50. The lowest BCUT2D eigenvalue weighted by molar-refractivity contribution is 0.401. The van der Waals surface area contributed by atoms with Crippen LogP contribution in [0, 0.1) is 0 Å². The van der Waals surface area contributed by atoms with Crippen LogP contribution in [0.3, 0.4) is 0 Å². The fraction of sp³-hybridized carbons (Fsp3) is 0.636. The molecule has 1 N–H and O–H groups in total. The second-order valence-corrected chi connectivity index (χ2v) is 5.14. The third-order valence-electron chi connectivity index (χ3n) is 2.00.